The van der Waals surface area contributed by atoms with E-state index in [0.717, 1.165) is 24.4 Å². The molecule has 0 bridgehead atoms. The molecule has 2 aromatic rings. The van der Waals surface area contributed by atoms with Crippen molar-refractivity contribution in [2.45, 2.75) is 13.3 Å². The molecule has 20 heavy (non-hydrogen) atoms. The van der Waals surface area contributed by atoms with Gasteiger partial charge in [-0.05, 0) is 37.6 Å². The van der Waals surface area contributed by atoms with Gasteiger partial charge in [0.05, 0.1) is 17.9 Å². The molecule has 0 N–H and O–H groups in total. The summed E-state index contributed by atoms with van der Waals surface area (Å²) < 4.78 is 5.75. The van der Waals surface area contributed by atoms with E-state index in [-0.39, 0.29) is 5.78 Å². The molecule has 3 rings (SSSR count). The fourth-order valence-corrected chi connectivity index (χ4v) is 2.43. The van der Waals surface area contributed by atoms with Crippen LogP contribution in [0.1, 0.15) is 23.7 Å². The number of aromatic nitrogens is 1. The SMILES string of the molecule is CC(=O)c1cccnc1N1CCCOc2ccccc21. The summed E-state index contributed by atoms with van der Waals surface area (Å²) >= 11 is 0. The van der Waals surface area contributed by atoms with Gasteiger partial charge in [-0.3, -0.25) is 4.79 Å². The van der Waals surface area contributed by atoms with E-state index in [2.05, 4.69) is 9.88 Å². The van der Waals surface area contributed by atoms with Gasteiger partial charge in [-0.15, -0.1) is 0 Å². The maximum Gasteiger partial charge on any atom is 0.163 e. The van der Waals surface area contributed by atoms with Crippen molar-refractivity contribution in [1.82, 2.24) is 4.98 Å². The fourth-order valence-electron chi connectivity index (χ4n) is 2.43. The second-order valence-corrected chi connectivity index (χ2v) is 4.75. The molecule has 0 aliphatic carbocycles. The molecule has 0 fully saturated rings. The van der Waals surface area contributed by atoms with Crippen LogP contribution in [0.5, 0.6) is 5.75 Å². The molecule has 102 valence electrons. The van der Waals surface area contributed by atoms with Crippen molar-refractivity contribution < 1.29 is 9.53 Å². The lowest BCUT2D eigenvalue weighted by Crippen LogP contribution is -2.21. The van der Waals surface area contributed by atoms with Crippen molar-refractivity contribution in [3.8, 4) is 5.75 Å². The van der Waals surface area contributed by atoms with Crippen molar-refractivity contribution in [2.24, 2.45) is 0 Å². The lowest BCUT2D eigenvalue weighted by atomic mass is 10.1. The number of ether oxygens (including phenoxy) is 1. The third-order valence-corrected chi connectivity index (χ3v) is 3.36. The summed E-state index contributed by atoms with van der Waals surface area (Å²) in [7, 11) is 0. The molecule has 1 aromatic heterocycles. The monoisotopic (exact) mass is 268 g/mol. The van der Waals surface area contributed by atoms with Gasteiger partial charge in [0.25, 0.3) is 0 Å². The van der Waals surface area contributed by atoms with Gasteiger partial charge >= 0.3 is 0 Å². The van der Waals surface area contributed by atoms with Gasteiger partial charge in [0.15, 0.2) is 5.78 Å². The average Bonchev–Trinajstić information content (AvgIpc) is 2.69. The van der Waals surface area contributed by atoms with Crippen LogP contribution in [-0.2, 0) is 0 Å². The van der Waals surface area contributed by atoms with E-state index < -0.39 is 0 Å². The number of pyridine rings is 1. The average molecular weight is 268 g/mol. The first-order valence-electron chi connectivity index (χ1n) is 6.72. The van der Waals surface area contributed by atoms with E-state index in [1.54, 1.807) is 19.2 Å². The highest BCUT2D eigenvalue weighted by molar-refractivity contribution is 5.99. The van der Waals surface area contributed by atoms with E-state index in [0.29, 0.717) is 18.0 Å². The van der Waals surface area contributed by atoms with Gasteiger partial charge in [0.2, 0.25) is 0 Å². The summed E-state index contributed by atoms with van der Waals surface area (Å²) in [5, 5.41) is 0. The largest absolute Gasteiger partial charge is 0.491 e. The Kier molecular flexibility index (Phi) is 3.37. The zero-order chi connectivity index (χ0) is 13.9. The molecule has 0 atom stereocenters. The van der Waals surface area contributed by atoms with Gasteiger partial charge in [-0.2, -0.15) is 0 Å². The Hall–Kier alpha value is -2.36. The standard InChI is InChI=1S/C16H16N2O2/c1-12(19)13-6-4-9-17-16(13)18-10-5-11-20-15-8-3-2-7-14(15)18/h2-4,6-9H,5,10-11H2,1H3. The van der Waals surface area contributed by atoms with Gasteiger partial charge in [0.1, 0.15) is 11.6 Å². The smallest absolute Gasteiger partial charge is 0.163 e. The zero-order valence-corrected chi connectivity index (χ0v) is 11.4. The summed E-state index contributed by atoms with van der Waals surface area (Å²) in [6, 6.07) is 11.5. The Bertz CT molecular complexity index is 640. The number of Topliss-reactive ketones (excluding diaryl/α,β-unsaturated/α-hetero) is 1. The van der Waals surface area contributed by atoms with Crippen molar-refractivity contribution in [3.05, 3.63) is 48.2 Å². The predicted molar refractivity (Wildman–Crippen MR) is 77.8 cm³/mol. The van der Waals surface area contributed by atoms with Gasteiger partial charge < -0.3 is 9.64 Å². The molecule has 0 amide bonds. The number of hydrogen-bond donors (Lipinski definition) is 0. The number of fused-ring (bicyclic) bond motifs is 1. The Morgan fingerprint density at radius 1 is 1.25 bits per heavy atom. The van der Waals surface area contributed by atoms with E-state index in [9.17, 15) is 4.79 Å². The first-order valence-corrected chi connectivity index (χ1v) is 6.72. The van der Waals surface area contributed by atoms with Crippen LogP contribution in [0.4, 0.5) is 11.5 Å². The minimum atomic E-state index is 0.0238. The summed E-state index contributed by atoms with van der Waals surface area (Å²) in [4.78, 5) is 18.3. The van der Waals surface area contributed by atoms with Crippen LogP contribution in [0.15, 0.2) is 42.6 Å². The Morgan fingerprint density at radius 2 is 2.10 bits per heavy atom. The number of rotatable bonds is 2. The molecule has 1 aliphatic heterocycles. The Labute approximate surface area is 118 Å². The number of anilines is 2. The molecule has 1 aliphatic rings. The highest BCUT2D eigenvalue weighted by atomic mass is 16.5. The molecule has 4 nitrogen and oxygen atoms in total. The number of hydrogen-bond acceptors (Lipinski definition) is 4. The maximum atomic E-state index is 11.8. The topological polar surface area (TPSA) is 42.4 Å². The third-order valence-electron chi connectivity index (χ3n) is 3.36. The zero-order valence-electron chi connectivity index (χ0n) is 11.4. The van der Waals surface area contributed by atoms with Gasteiger partial charge in [0, 0.05) is 12.7 Å². The number of para-hydroxylation sites is 2. The van der Waals surface area contributed by atoms with E-state index in [4.69, 9.17) is 4.74 Å². The lowest BCUT2D eigenvalue weighted by Gasteiger charge is -2.24. The minimum Gasteiger partial charge on any atom is -0.491 e. The number of nitrogens with zero attached hydrogens (tertiary/aromatic N) is 2. The van der Waals surface area contributed by atoms with Crippen molar-refractivity contribution in [1.29, 1.82) is 0 Å². The molecule has 2 heterocycles. The van der Waals surface area contributed by atoms with Gasteiger partial charge in [-0.1, -0.05) is 12.1 Å². The number of carbonyl (C=O) groups excluding carboxylic acids is 1. The quantitative estimate of drug-likeness (QED) is 0.784. The van der Waals surface area contributed by atoms with E-state index in [1.807, 2.05) is 30.3 Å². The number of ketones is 1. The molecule has 0 spiro atoms. The van der Waals surface area contributed by atoms with Crippen LogP contribution in [0.3, 0.4) is 0 Å². The molecule has 0 radical (unpaired) electrons. The number of benzene rings is 1. The Morgan fingerprint density at radius 3 is 2.95 bits per heavy atom. The molecule has 4 heteroatoms. The first-order chi connectivity index (χ1) is 9.77. The lowest BCUT2D eigenvalue weighted by molar-refractivity contribution is 0.101. The normalized spacial score (nSPS) is 14.2. The maximum absolute atomic E-state index is 11.8. The van der Waals surface area contributed by atoms with Crippen molar-refractivity contribution >= 4 is 17.3 Å². The van der Waals surface area contributed by atoms with E-state index >= 15 is 0 Å². The predicted octanol–water partition coefficient (Wildman–Crippen LogP) is 3.20. The van der Waals surface area contributed by atoms with Crippen LogP contribution < -0.4 is 9.64 Å². The summed E-state index contributed by atoms with van der Waals surface area (Å²) in [6.45, 7) is 3.03. The van der Waals surface area contributed by atoms with E-state index in [1.165, 1.54) is 0 Å². The molecule has 0 saturated carbocycles. The molecular formula is C16H16N2O2. The molecular weight excluding hydrogens is 252 g/mol. The third kappa shape index (κ3) is 2.25. The summed E-state index contributed by atoms with van der Waals surface area (Å²) in [5.41, 5.74) is 1.61. The van der Waals surface area contributed by atoms with Crippen molar-refractivity contribution in [2.75, 3.05) is 18.1 Å². The van der Waals surface area contributed by atoms with Crippen LogP contribution in [-0.4, -0.2) is 23.9 Å². The molecule has 1 aromatic carbocycles. The van der Waals surface area contributed by atoms with Crippen LogP contribution in [0.25, 0.3) is 0 Å². The Balaban J connectivity index is 2.13. The summed E-state index contributed by atoms with van der Waals surface area (Å²) in [5.74, 6) is 1.57. The van der Waals surface area contributed by atoms with Crippen LogP contribution in [0, 0.1) is 0 Å². The summed E-state index contributed by atoms with van der Waals surface area (Å²) in [6.07, 6.45) is 2.61. The van der Waals surface area contributed by atoms with Crippen molar-refractivity contribution in [3.63, 3.8) is 0 Å². The highest BCUT2D eigenvalue weighted by Crippen LogP contribution is 2.36. The van der Waals surface area contributed by atoms with Gasteiger partial charge in [-0.25, -0.2) is 4.98 Å². The fraction of sp³-hybridized carbons (Fsp3) is 0.250. The second kappa shape index (κ2) is 5.33. The highest BCUT2D eigenvalue weighted by Gasteiger charge is 2.21. The van der Waals surface area contributed by atoms with Crippen LogP contribution in [0.2, 0.25) is 0 Å². The minimum absolute atomic E-state index is 0.0238. The molecule has 0 saturated heterocycles. The second-order valence-electron chi connectivity index (χ2n) is 4.75. The number of carbonyl (C=O) groups is 1. The molecule has 0 unspecified atom stereocenters. The van der Waals surface area contributed by atoms with Crippen LogP contribution >= 0.6 is 0 Å². The first kappa shape index (κ1) is 12.7.